The minimum Gasteiger partial charge on any atom is -0.378 e. The van der Waals surface area contributed by atoms with Crippen LogP contribution in [-0.4, -0.2) is 96.3 Å². The fraction of sp³-hybridized carbons (Fsp3) is 0.593. The Morgan fingerprint density at radius 3 is 2.38 bits per heavy atom. The highest BCUT2D eigenvalue weighted by Gasteiger charge is 2.31. The van der Waals surface area contributed by atoms with Gasteiger partial charge in [-0.05, 0) is 56.8 Å². The van der Waals surface area contributed by atoms with Crippen LogP contribution in [0, 0.1) is 5.92 Å². The van der Waals surface area contributed by atoms with E-state index in [0.29, 0.717) is 73.4 Å². The van der Waals surface area contributed by atoms with Crippen LogP contribution in [0.25, 0.3) is 16.9 Å². The number of hydrogen-bond acceptors (Lipinski definition) is 9. The summed E-state index contributed by atoms with van der Waals surface area (Å²) in [5, 5.41) is 3.40. The Bertz CT molecular complexity index is 1420. The molecular formula is C27H35F2N7O3S. The summed E-state index contributed by atoms with van der Waals surface area (Å²) < 4.78 is 58.7. The van der Waals surface area contributed by atoms with Gasteiger partial charge in [-0.15, -0.1) is 0 Å². The van der Waals surface area contributed by atoms with E-state index < -0.39 is 16.3 Å². The number of aromatic nitrogens is 4. The normalized spacial score (nSPS) is 21.3. The average Bonchev–Trinajstić information content (AvgIpc) is 3.37. The molecule has 6 rings (SSSR count). The van der Waals surface area contributed by atoms with Crippen LogP contribution in [0.5, 0.6) is 0 Å². The van der Waals surface area contributed by atoms with Gasteiger partial charge in [-0.1, -0.05) is 12.1 Å². The summed E-state index contributed by atoms with van der Waals surface area (Å²) >= 11 is 0. The van der Waals surface area contributed by atoms with Crippen molar-refractivity contribution in [2.24, 2.45) is 5.92 Å². The van der Waals surface area contributed by atoms with Crippen LogP contribution in [0.3, 0.4) is 0 Å². The van der Waals surface area contributed by atoms with E-state index in [1.807, 2.05) is 0 Å². The van der Waals surface area contributed by atoms with Crippen molar-refractivity contribution >= 4 is 32.6 Å². The van der Waals surface area contributed by atoms with Crippen LogP contribution >= 0.6 is 0 Å². The first-order valence-corrected chi connectivity index (χ1v) is 15.8. The zero-order chi connectivity index (χ0) is 27.7. The average molecular weight is 576 g/mol. The first-order valence-electron chi connectivity index (χ1n) is 14.0. The molecule has 3 aliphatic heterocycles. The molecule has 216 valence electrons. The first kappa shape index (κ1) is 27.3. The molecule has 0 amide bonds. The molecule has 3 aromatic rings. The fourth-order valence-electron chi connectivity index (χ4n) is 6.00. The second-order valence-electron chi connectivity index (χ2n) is 10.8. The highest BCUT2D eigenvalue weighted by Crippen LogP contribution is 2.30. The highest BCUT2D eigenvalue weighted by molar-refractivity contribution is 7.91. The van der Waals surface area contributed by atoms with Crippen molar-refractivity contribution in [3.05, 3.63) is 36.2 Å². The third kappa shape index (κ3) is 5.91. The van der Waals surface area contributed by atoms with Gasteiger partial charge in [-0.3, -0.25) is 4.57 Å². The molecule has 10 nitrogen and oxygen atoms in total. The van der Waals surface area contributed by atoms with Crippen molar-refractivity contribution in [2.45, 2.75) is 38.2 Å². The molecule has 0 unspecified atom stereocenters. The van der Waals surface area contributed by atoms with E-state index in [4.69, 9.17) is 14.7 Å². The maximum atomic E-state index is 14.1. The lowest BCUT2D eigenvalue weighted by Gasteiger charge is -2.39. The number of sulfone groups is 1. The maximum absolute atomic E-state index is 14.1. The van der Waals surface area contributed by atoms with Crippen LogP contribution in [0.4, 0.5) is 20.5 Å². The SMILES string of the molecule is O=S1(=O)CCC(N2CCC(CNc3nc(N4CCOCC4)cc(-n4c(C(F)F)nc5ccccc54)n3)CC2)CC1. The number of nitrogens with zero attached hydrogens (tertiary/aromatic N) is 6. The number of piperidine rings is 1. The van der Waals surface area contributed by atoms with Gasteiger partial charge in [0.05, 0.1) is 35.8 Å². The highest BCUT2D eigenvalue weighted by atomic mass is 32.2. The molecule has 0 aliphatic carbocycles. The van der Waals surface area contributed by atoms with E-state index in [1.165, 1.54) is 4.57 Å². The number of likely N-dealkylation sites (tertiary alicyclic amines) is 1. The van der Waals surface area contributed by atoms with Crippen molar-refractivity contribution in [2.75, 3.05) is 67.7 Å². The number of hydrogen-bond donors (Lipinski definition) is 1. The summed E-state index contributed by atoms with van der Waals surface area (Å²) in [6.07, 6.45) is 0.668. The van der Waals surface area contributed by atoms with Crippen LogP contribution < -0.4 is 10.2 Å². The van der Waals surface area contributed by atoms with Crippen LogP contribution in [0.1, 0.15) is 37.9 Å². The van der Waals surface area contributed by atoms with Gasteiger partial charge in [0.25, 0.3) is 6.43 Å². The zero-order valence-corrected chi connectivity index (χ0v) is 23.2. The number of nitrogens with one attached hydrogen (secondary N) is 1. The number of anilines is 2. The van der Waals surface area contributed by atoms with Gasteiger partial charge < -0.3 is 19.9 Å². The summed E-state index contributed by atoms with van der Waals surface area (Å²) in [5.41, 5.74) is 1.06. The molecule has 1 aromatic carbocycles. The van der Waals surface area contributed by atoms with Crippen LogP contribution in [-0.2, 0) is 14.6 Å². The number of para-hydroxylation sites is 2. The summed E-state index contributed by atoms with van der Waals surface area (Å²) in [6, 6.07) is 9.18. The Hall–Kier alpha value is -2.90. The van der Waals surface area contributed by atoms with Crippen LogP contribution in [0.2, 0.25) is 0 Å². The van der Waals surface area contributed by atoms with Gasteiger partial charge in [0, 0.05) is 31.7 Å². The molecule has 5 heterocycles. The first-order chi connectivity index (χ1) is 19.4. The number of halogens is 2. The van der Waals surface area contributed by atoms with E-state index >= 15 is 0 Å². The maximum Gasteiger partial charge on any atom is 0.296 e. The number of fused-ring (bicyclic) bond motifs is 1. The molecule has 13 heteroatoms. The molecule has 0 bridgehead atoms. The molecule has 0 saturated carbocycles. The molecule has 0 spiro atoms. The largest absolute Gasteiger partial charge is 0.378 e. The molecule has 0 atom stereocenters. The van der Waals surface area contributed by atoms with Crippen molar-refractivity contribution in [3.63, 3.8) is 0 Å². The molecular weight excluding hydrogens is 540 g/mol. The van der Waals surface area contributed by atoms with E-state index in [0.717, 1.165) is 38.8 Å². The summed E-state index contributed by atoms with van der Waals surface area (Å²) in [7, 11) is -2.86. The summed E-state index contributed by atoms with van der Waals surface area (Å²) in [5.74, 6) is 2.06. The number of alkyl halides is 2. The number of imidazole rings is 1. The lowest BCUT2D eigenvalue weighted by molar-refractivity contribution is 0.122. The minimum atomic E-state index is -2.86. The number of ether oxygens (including phenoxy) is 1. The minimum absolute atomic E-state index is 0.289. The van der Waals surface area contributed by atoms with Crippen molar-refractivity contribution in [1.82, 2.24) is 24.4 Å². The quantitative estimate of drug-likeness (QED) is 0.454. The molecule has 1 N–H and O–H groups in total. The summed E-state index contributed by atoms with van der Waals surface area (Å²) in [4.78, 5) is 18.2. The second kappa shape index (κ2) is 11.5. The van der Waals surface area contributed by atoms with Crippen molar-refractivity contribution in [3.8, 4) is 5.82 Å². The lowest BCUT2D eigenvalue weighted by Crippen LogP contribution is -2.46. The Balaban J connectivity index is 1.20. The van der Waals surface area contributed by atoms with Gasteiger partial charge in [-0.25, -0.2) is 22.2 Å². The topological polar surface area (TPSA) is 105 Å². The van der Waals surface area contributed by atoms with E-state index in [9.17, 15) is 17.2 Å². The smallest absolute Gasteiger partial charge is 0.296 e. The van der Waals surface area contributed by atoms with Gasteiger partial charge in [0.2, 0.25) is 5.95 Å². The second-order valence-corrected chi connectivity index (χ2v) is 13.1. The van der Waals surface area contributed by atoms with Gasteiger partial charge in [0.1, 0.15) is 21.5 Å². The van der Waals surface area contributed by atoms with Gasteiger partial charge >= 0.3 is 0 Å². The van der Waals surface area contributed by atoms with E-state index in [1.54, 1.807) is 30.3 Å². The molecule has 0 radical (unpaired) electrons. The predicted octanol–water partition coefficient (Wildman–Crippen LogP) is 3.29. The Morgan fingerprint density at radius 2 is 1.65 bits per heavy atom. The Labute approximate surface area is 232 Å². The third-order valence-electron chi connectivity index (χ3n) is 8.28. The van der Waals surface area contributed by atoms with Crippen molar-refractivity contribution in [1.29, 1.82) is 0 Å². The van der Waals surface area contributed by atoms with Gasteiger partial charge in [0.15, 0.2) is 5.82 Å². The Kier molecular flexibility index (Phi) is 7.87. The van der Waals surface area contributed by atoms with E-state index in [-0.39, 0.29) is 17.3 Å². The van der Waals surface area contributed by atoms with Crippen molar-refractivity contribution < 1.29 is 21.9 Å². The predicted molar refractivity (Wildman–Crippen MR) is 149 cm³/mol. The number of benzene rings is 1. The molecule has 40 heavy (non-hydrogen) atoms. The summed E-state index contributed by atoms with van der Waals surface area (Å²) in [6.45, 7) is 5.01. The Morgan fingerprint density at radius 1 is 0.950 bits per heavy atom. The monoisotopic (exact) mass is 575 g/mol. The molecule has 2 aromatic heterocycles. The number of morpholine rings is 1. The molecule has 3 fully saturated rings. The zero-order valence-electron chi connectivity index (χ0n) is 22.4. The molecule has 3 saturated heterocycles. The van der Waals surface area contributed by atoms with E-state index in [2.05, 4.69) is 20.1 Å². The lowest BCUT2D eigenvalue weighted by atomic mass is 9.94. The standard InChI is InChI=1S/C27H35F2N7O3S/c28-25(29)26-31-21-3-1-2-4-22(21)36(26)24-17-23(35-11-13-39-14-12-35)32-27(33-24)30-18-19-5-9-34(10-6-19)20-7-15-40(37,38)16-8-20/h1-4,17,19-20,25H,5-16,18H2,(H,30,32,33). The number of rotatable bonds is 7. The fourth-order valence-corrected chi connectivity index (χ4v) is 7.47. The molecule has 3 aliphatic rings. The van der Waals surface area contributed by atoms with Crippen LogP contribution in [0.15, 0.2) is 30.3 Å². The third-order valence-corrected chi connectivity index (χ3v) is 10.00. The van der Waals surface area contributed by atoms with Gasteiger partial charge in [-0.2, -0.15) is 9.97 Å².